The molecule has 2 aromatic carbocycles. The second-order valence-corrected chi connectivity index (χ2v) is 4.93. The van der Waals surface area contributed by atoms with Gasteiger partial charge in [-0.1, -0.05) is 48.0 Å². The highest BCUT2D eigenvalue weighted by atomic mass is 35.5. The van der Waals surface area contributed by atoms with E-state index in [1.165, 1.54) is 0 Å². The zero-order chi connectivity index (χ0) is 14.5. The maximum absolute atomic E-state index is 6.06. The van der Waals surface area contributed by atoms with Crippen LogP contribution in [-0.4, -0.2) is 7.11 Å². The molecule has 0 spiro atoms. The fourth-order valence-corrected chi connectivity index (χ4v) is 2.04. The van der Waals surface area contributed by atoms with Gasteiger partial charge in [-0.25, -0.2) is 0 Å². The van der Waals surface area contributed by atoms with Gasteiger partial charge in [-0.3, -0.25) is 0 Å². The highest BCUT2D eigenvalue weighted by Crippen LogP contribution is 2.27. The van der Waals surface area contributed by atoms with E-state index in [1.807, 2.05) is 43.3 Å². The van der Waals surface area contributed by atoms with Crippen molar-refractivity contribution in [2.45, 2.75) is 13.5 Å². The van der Waals surface area contributed by atoms with Crippen LogP contribution in [0.3, 0.4) is 0 Å². The number of para-hydroxylation sites is 1. The average molecular weight is 289 g/mol. The molecule has 0 radical (unpaired) electrons. The number of rotatable bonds is 5. The smallest absolute Gasteiger partial charge is 0.138 e. The fourth-order valence-electron chi connectivity index (χ4n) is 1.85. The summed E-state index contributed by atoms with van der Waals surface area (Å²) in [5.74, 6) is 1.46. The van der Waals surface area contributed by atoms with Crippen LogP contribution in [-0.2, 0) is 6.61 Å². The molecule has 0 aromatic heterocycles. The Kier molecular flexibility index (Phi) is 4.70. The SMILES string of the molecule is C=C(C)c1ccc(COc2ccccc2Cl)c(OC)c1. The Morgan fingerprint density at radius 3 is 2.55 bits per heavy atom. The van der Waals surface area contributed by atoms with Crippen LogP contribution in [0.25, 0.3) is 5.57 Å². The van der Waals surface area contributed by atoms with Gasteiger partial charge in [0.05, 0.1) is 12.1 Å². The number of hydrogen-bond acceptors (Lipinski definition) is 2. The summed E-state index contributed by atoms with van der Waals surface area (Å²) in [6, 6.07) is 13.4. The molecule has 0 aliphatic carbocycles. The summed E-state index contributed by atoms with van der Waals surface area (Å²) >= 11 is 6.06. The van der Waals surface area contributed by atoms with Crippen LogP contribution in [0.15, 0.2) is 49.0 Å². The molecule has 0 aliphatic rings. The van der Waals surface area contributed by atoms with E-state index >= 15 is 0 Å². The molecule has 0 aliphatic heterocycles. The van der Waals surface area contributed by atoms with Crippen LogP contribution in [0, 0.1) is 0 Å². The number of methoxy groups -OCH3 is 1. The Balaban J connectivity index is 2.17. The molecule has 0 saturated carbocycles. The lowest BCUT2D eigenvalue weighted by Gasteiger charge is -2.12. The normalized spacial score (nSPS) is 10.2. The minimum Gasteiger partial charge on any atom is -0.496 e. The predicted molar refractivity (Wildman–Crippen MR) is 83.5 cm³/mol. The monoisotopic (exact) mass is 288 g/mol. The van der Waals surface area contributed by atoms with Crippen molar-refractivity contribution in [1.82, 2.24) is 0 Å². The van der Waals surface area contributed by atoms with Crippen LogP contribution >= 0.6 is 11.6 Å². The van der Waals surface area contributed by atoms with Crippen molar-refractivity contribution in [3.05, 3.63) is 65.2 Å². The van der Waals surface area contributed by atoms with E-state index in [9.17, 15) is 0 Å². The quantitative estimate of drug-likeness (QED) is 0.774. The summed E-state index contributed by atoms with van der Waals surface area (Å²) in [7, 11) is 1.65. The molecule has 20 heavy (non-hydrogen) atoms. The predicted octanol–water partition coefficient (Wildman–Crippen LogP) is 4.96. The molecule has 0 N–H and O–H groups in total. The average Bonchev–Trinajstić information content (AvgIpc) is 2.46. The molecule has 3 heteroatoms. The van der Waals surface area contributed by atoms with Gasteiger partial charge in [-0.15, -0.1) is 0 Å². The molecule has 0 atom stereocenters. The van der Waals surface area contributed by atoms with Gasteiger partial charge in [0.15, 0.2) is 0 Å². The molecule has 0 heterocycles. The summed E-state index contributed by atoms with van der Waals surface area (Å²) in [5, 5.41) is 0.602. The maximum Gasteiger partial charge on any atom is 0.138 e. The molecule has 2 aromatic rings. The third-order valence-corrected chi connectivity index (χ3v) is 3.31. The summed E-state index contributed by atoms with van der Waals surface area (Å²) in [6.45, 7) is 6.30. The van der Waals surface area contributed by atoms with Crippen molar-refractivity contribution in [3.8, 4) is 11.5 Å². The second kappa shape index (κ2) is 6.49. The van der Waals surface area contributed by atoms with E-state index in [0.717, 1.165) is 22.4 Å². The third-order valence-electron chi connectivity index (χ3n) is 3.00. The Labute approximate surface area is 124 Å². The molecule has 2 rings (SSSR count). The van der Waals surface area contributed by atoms with Crippen molar-refractivity contribution >= 4 is 17.2 Å². The minimum atomic E-state index is 0.406. The molecule has 0 amide bonds. The van der Waals surface area contributed by atoms with Gasteiger partial charge in [0, 0.05) is 5.56 Å². The van der Waals surface area contributed by atoms with E-state index in [2.05, 4.69) is 6.58 Å². The van der Waals surface area contributed by atoms with Gasteiger partial charge in [0.2, 0.25) is 0 Å². The second-order valence-electron chi connectivity index (χ2n) is 4.53. The summed E-state index contributed by atoms with van der Waals surface area (Å²) < 4.78 is 11.1. The molecule has 104 valence electrons. The van der Waals surface area contributed by atoms with E-state index in [-0.39, 0.29) is 0 Å². The molecular formula is C17H17ClO2. The number of allylic oxidation sites excluding steroid dienone is 1. The molecule has 0 unspecified atom stereocenters. The van der Waals surface area contributed by atoms with Crippen molar-refractivity contribution in [2.24, 2.45) is 0 Å². The van der Waals surface area contributed by atoms with Crippen LogP contribution in [0.5, 0.6) is 11.5 Å². The van der Waals surface area contributed by atoms with E-state index in [0.29, 0.717) is 17.4 Å². The highest BCUT2D eigenvalue weighted by Gasteiger charge is 2.07. The lowest BCUT2D eigenvalue weighted by Crippen LogP contribution is -1.99. The van der Waals surface area contributed by atoms with Crippen LogP contribution in [0.4, 0.5) is 0 Å². The molecule has 0 bridgehead atoms. The largest absolute Gasteiger partial charge is 0.496 e. The molecular weight excluding hydrogens is 272 g/mol. The van der Waals surface area contributed by atoms with Crippen molar-refractivity contribution < 1.29 is 9.47 Å². The zero-order valence-electron chi connectivity index (χ0n) is 11.7. The maximum atomic E-state index is 6.06. The van der Waals surface area contributed by atoms with Gasteiger partial charge in [0.1, 0.15) is 18.1 Å². The van der Waals surface area contributed by atoms with E-state index in [1.54, 1.807) is 13.2 Å². The zero-order valence-corrected chi connectivity index (χ0v) is 12.4. The Morgan fingerprint density at radius 2 is 1.90 bits per heavy atom. The third kappa shape index (κ3) is 3.34. The summed E-state index contributed by atoms with van der Waals surface area (Å²) in [6.07, 6.45) is 0. The molecule has 0 saturated heterocycles. The first kappa shape index (κ1) is 14.5. The van der Waals surface area contributed by atoms with Crippen LogP contribution in [0.2, 0.25) is 5.02 Å². The van der Waals surface area contributed by atoms with Crippen LogP contribution in [0.1, 0.15) is 18.1 Å². The first-order valence-corrected chi connectivity index (χ1v) is 6.69. The van der Waals surface area contributed by atoms with Crippen molar-refractivity contribution in [1.29, 1.82) is 0 Å². The molecule has 2 nitrogen and oxygen atoms in total. The Morgan fingerprint density at radius 1 is 1.15 bits per heavy atom. The van der Waals surface area contributed by atoms with Gasteiger partial charge in [0.25, 0.3) is 0 Å². The summed E-state index contributed by atoms with van der Waals surface area (Å²) in [5.41, 5.74) is 3.03. The number of halogens is 1. The number of ether oxygens (including phenoxy) is 2. The fraction of sp³-hybridized carbons (Fsp3) is 0.176. The van der Waals surface area contributed by atoms with Crippen molar-refractivity contribution in [3.63, 3.8) is 0 Å². The van der Waals surface area contributed by atoms with E-state index in [4.69, 9.17) is 21.1 Å². The lowest BCUT2D eigenvalue weighted by molar-refractivity contribution is 0.297. The standard InChI is InChI=1S/C17H17ClO2/c1-12(2)13-8-9-14(17(10-13)19-3)11-20-16-7-5-4-6-15(16)18/h4-10H,1,11H2,2-3H3. The first-order chi connectivity index (χ1) is 9.61. The summed E-state index contributed by atoms with van der Waals surface area (Å²) in [4.78, 5) is 0. The van der Waals surface area contributed by atoms with Gasteiger partial charge < -0.3 is 9.47 Å². The topological polar surface area (TPSA) is 18.5 Å². The van der Waals surface area contributed by atoms with Crippen LogP contribution < -0.4 is 9.47 Å². The first-order valence-electron chi connectivity index (χ1n) is 6.32. The molecule has 0 fully saturated rings. The van der Waals surface area contributed by atoms with Gasteiger partial charge in [-0.2, -0.15) is 0 Å². The van der Waals surface area contributed by atoms with E-state index < -0.39 is 0 Å². The van der Waals surface area contributed by atoms with Gasteiger partial charge in [-0.05, 0) is 30.7 Å². The number of benzene rings is 2. The van der Waals surface area contributed by atoms with Gasteiger partial charge >= 0.3 is 0 Å². The Bertz CT molecular complexity index is 620. The van der Waals surface area contributed by atoms with Crippen molar-refractivity contribution in [2.75, 3.05) is 7.11 Å². The Hall–Kier alpha value is -1.93. The number of hydrogen-bond donors (Lipinski definition) is 0. The minimum absolute atomic E-state index is 0.406. The lowest BCUT2D eigenvalue weighted by atomic mass is 10.1. The highest BCUT2D eigenvalue weighted by molar-refractivity contribution is 6.32.